The maximum Gasteiger partial charge on any atom is 0.266 e. The van der Waals surface area contributed by atoms with Gasteiger partial charge in [-0.15, -0.1) is 0 Å². The van der Waals surface area contributed by atoms with E-state index in [1.807, 2.05) is 56.3 Å². The Balaban J connectivity index is 1.57. The third kappa shape index (κ3) is 6.04. The van der Waals surface area contributed by atoms with Crippen LogP contribution in [0.2, 0.25) is 0 Å². The maximum absolute atomic E-state index is 12.8. The summed E-state index contributed by atoms with van der Waals surface area (Å²) in [5.74, 6) is 0.732. The predicted octanol–water partition coefficient (Wildman–Crippen LogP) is 7.28. The minimum absolute atomic E-state index is 0.00123. The summed E-state index contributed by atoms with van der Waals surface area (Å²) in [6.45, 7) is 4.64. The van der Waals surface area contributed by atoms with Gasteiger partial charge >= 0.3 is 0 Å². The van der Waals surface area contributed by atoms with Crippen molar-refractivity contribution >= 4 is 51.0 Å². The first-order chi connectivity index (χ1) is 17.5. The zero-order valence-corrected chi connectivity index (χ0v) is 22.2. The second kappa shape index (κ2) is 11.7. The van der Waals surface area contributed by atoms with Crippen molar-refractivity contribution in [2.75, 3.05) is 11.9 Å². The van der Waals surface area contributed by atoms with Crippen LogP contribution in [-0.4, -0.2) is 12.5 Å². The van der Waals surface area contributed by atoms with Crippen LogP contribution in [-0.2, 0) is 11.4 Å². The Hall–Kier alpha value is -3.83. The molecule has 36 heavy (non-hydrogen) atoms. The summed E-state index contributed by atoms with van der Waals surface area (Å²) >= 11 is 2.19. The van der Waals surface area contributed by atoms with Gasteiger partial charge in [0.2, 0.25) is 0 Å². The van der Waals surface area contributed by atoms with Gasteiger partial charge in [-0.3, -0.25) is 4.79 Å². The van der Waals surface area contributed by atoms with E-state index >= 15 is 0 Å². The fourth-order valence-corrected chi connectivity index (χ4v) is 4.56. The lowest BCUT2D eigenvalue weighted by Crippen LogP contribution is -2.14. The lowest BCUT2D eigenvalue weighted by molar-refractivity contribution is -0.112. The molecular formula is C30H25IN2O3. The molecule has 0 unspecified atom stereocenters. The standard InChI is InChI=1S/C30H25IN2O3/c1-3-35-28-17-22(15-25(18-32)30(34)33-27-11-7-4-8-20(27)2)16-26(31)29(28)36-19-21-12-13-23-9-5-6-10-24(23)14-21/h4-17H,3,19H2,1-2H3,(H,33,34)/b25-15+. The molecule has 1 amide bonds. The van der Waals surface area contributed by atoms with Gasteiger partial charge in [-0.1, -0.05) is 54.6 Å². The number of benzene rings is 4. The van der Waals surface area contributed by atoms with E-state index in [0.717, 1.165) is 20.1 Å². The Morgan fingerprint density at radius 3 is 2.50 bits per heavy atom. The highest BCUT2D eigenvalue weighted by molar-refractivity contribution is 14.1. The molecule has 0 radical (unpaired) electrons. The highest BCUT2D eigenvalue weighted by atomic mass is 127. The molecule has 4 aromatic rings. The van der Waals surface area contributed by atoms with Crippen LogP contribution < -0.4 is 14.8 Å². The number of halogens is 1. The molecule has 0 aliphatic heterocycles. The van der Waals surface area contributed by atoms with Gasteiger partial charge in [0.25, 0.3) is 5.91 Å². The normalized spacial score (nSPS) is 11.1. The topological polar surface area (TPSA) is 71.3 Å². The van der Waals surface area contributed by atoms with Crippen molar-refractivity contribution in [2.45, 2.75) is 20.5 Å². The van der Waals surface area contributed by atoms with E-state index in [0.29, 0.717) is 36.0 Å². The largest absolute Gasteiger partial charge is 0.490 e. The highest BCUT2D eigenvalue weighted by Gasteiger charge is 2.15. The fourth-order valence-electron chi connectivity index (χ4n) is 3.78. The molecule has 4 rings (SSSR count). The molecule has 180 valence electrons. The number of nitrogens with zero attached hydrogens (tertiary/aromatic N) is 1. The summed E-state index contributed by atoms with van der Waals surface area (Å²) in [4.78, 5) is 12.8. The van der Waals surface area contributed by atoms with Crippen LogP contribution in [0.15, 0.2) is 84.4 Å². The maximum atomic E-state index is 12.8. The van der Waals surface area contributed by atoms with Crippen LogP contribution in [0.1, 0.15) is 23.6 Å². The number of anilines is 1. The van der Waals surface area contributed by atoms with E-state index in [4.69, 9.17) is 9.47 Å². The Bertz CT molecular complexity index is 1490. The van der Waals surface area contributed by atoms with E-state index in [2.05, 4.69) is 58.2 Å². The Labute approximate surface area is 224 Å². The molecule has 0 heterocycles. The van der Waals surface area contributed by atoms with Crippen molar-refractivity contribution in [2.24, 2.45) is 0 Å². The lowest BCUT2D eigenvalue weighted by Gasteiger charge is -2.15. The average molecular weight is 588 g/mol. The molecule has 0 aromatic heterocycles. The van der Waals surface area contributed by atoms with Gasteiger partial charge in [-0.05, 0) is 94.2 Å². The van der Waals surface area contributed by atoms with E-state index in [1.54, 1.807) is 18.2 Å². The summed E-state index contributed by atoms with van der Waals surface area (Å²) in [6, 6.07) is 27.6. The molecule has 0 saturated carbocycles. The molecule has 1 N–H and O–H groups in total. The number of nitriles is 1. The number of para-hydroxylation sites is 1. The first kappa shape index (κ1) is 25.3. The lowest BCUT2D eigenvalue weighted by atomic mass is 10.1. The molecule has 4 aromatic carbocycles. The molecular weight excluding hydrogens is 563 g/mol. The Kier molecular flexibility index (Phi) is 8.24. The minimum atomic E-state index is -0.462. The van der Waals surface area contributed by atoms with Crippen molar-refractivity contribution in [1.29, 1.82) is 5.26 Å². The number of carbonyl (C=O) groups is 1. The van der Waals surface area contributed by atoms with E-state index < -0.39 is 5.91 Å². The van der Waals surface area contributed by atoms with Gasteiger partial charge in [0.05, 0.1) is 10.2 Å². The summed E-state index contributed by atoms with van der Waals surface area (Å²) < 4.78 is 12.9. The minimum Gasteiger partial charge on any atom is -0.490 e. The molecule has 0 aliphatic rings. The molecule has 0 bridgehead atoms. The number of fused-ring (bicyclic) bond motifs is 1. The van der Waals surface area contributed by atoms with Crippen molar-refractivity contribution in [3.63, 3.8) is 0 Å². The first-order valence-corrected chi connectivity index (χ1v) is 12.6. The van der Waals surface area contributed by atoms with Gasteiger partial charge in [0.1, 0.15) is 18.2 Å². The number of hydrogen-bond acceptors (Lipinski definition) is 4. The second-order valence-electron chi connectivity index (χ2n) is 8.17. The monoisotopic (exact) mass is 588 g/mol. The quantitative estimate of drug-likeness (QED) is 0.134. The number of rotatable bonds is 8. The van der Waals surface area contributed by atoms with Crippen molar-refractivity contribution in [1.82, 2.24) is 0 Å². The number of hydrogen-bond donors (Lipinski definition) is 1. The smallest absolute Gasteiger partial charge is 0.266 e. The molecule has 0 atom stereocenters. The van der Waals surface area contributed by atoms with Crippen LogP contribution in [0, 0.1) is 21.8 Å². The summed E-state index contributed by atoms with van der Waals surface area (Å²) in [6.07, 6.45) is 1.56. The fraction of sp³-hybridized carbons (Fsp3) is 0.133. The van der Waals surface area contributed by atoms with Gasteiger partial charge in [-0.25, -0.2) is 0 Å². The highest BCUT2D eigenvalue weighted by Crippen LogP contribution is 2.36. The SMILES string of the molecule is CCOc1cc(/C=C(\C#N)C(=O)Nc2ccccc2C)cc(I)c1OCc1ccc2ccccc2c1. The van der Waals surface area contributed by atoms with E-state index in [9.17, 15) is 10.1 Å². The second-order valence-corrected chi connectivity index (χ2v) is 9.33. The number of amides is 1. The Morgan fingerprint density at radius 2 is 1.75 bits per heavy atom. The van der Waals surface area contributed by atoms with Crippen molar-refractivity contribution in [3.8, 4) is 17.6 Å². The number of aryl methyl sites for hydroxylation is 1. The van der Waals surface area contributed by atoms with Crippen LogP contribution in [0.5, 0.6) is 11.5 Å². The molecule has 0 saturated heterocycles. The Morgan fingerprint density at radius 1 is 1.00 bits per heavy atom. The number of nitrogens with one attached hydrogen (secondary N) is 1. The summed E-state index contributed by atoms with van der Waals surface area (Å²) in [5.41, 5.74) is 3.32. The molecule has 6 heteroatoms. The van der Waals surface area contributed by atoms with Crippen LogP contribution in [0.3, 0.4) is 0 Å². The van der Waals surface area contributed by atoms with Gasteiger partial charge in [0, 0.05) is 5.69 Å². The van der Waals surface area contributed by atoms with E-state index in [-0.39, 0.29) is 5.57 Å². The molecule has 5 nitrogen and oxygen atoms in total. The zero-order valence-electron chi connectivity index (χ0n) is 20.0. The van der Waals surface area contributed by atoms with Gasteiger partial charge < -0.3 is 14.8 Å². The zero-order chi connectivity index (χ0) is 25.5. The van der Waals surface area contributed by atoms with Crippen molar-refractivity contribution < 1.29 is 14.3 Å². The third-order valence-corrected chi connectivity index (χ3v) is 6.40. The number of ether oxygens (including phenoxy) is 2. The third-order valence-electron chi connectivity index (χ3n) is 5.60. The predicted molar refractivity (Wildman–Crippen MR) is 152 cm³/mol. The van der Waals surface area contributed by atoms with Gasteiger partial charge in [-0.2, -0.15) is 5.26 Å². The molecule has 0 spiro atoms. The van der Waals surface area contributed by atoms with Crippen LogP contribution >= 0.6 is 22.6 Å². The average Bonchev–Trinajstić information content (AvgIpc) is 2.88. The van der Waals surface area contributed by atoms with Gasteiger partial charge in [0.15, 0.2) is 11.5 Å². The first-order valence-electron chi connectivity index (χ1n) is 11.5. The molecule has 0 fully saturated rings. The van der Waals surface area contributed by atoms with Crippen molar-refractivity contribution in [3.05, 3.63) is 105 Å². The summed E-state index contributed by atoms with van der Waals surface area (Å²) in [7, 11) is 0. The van der Waals surface area contributed by atoms with E-state index in [1.165, 1.54) is 5.39 Å². The molecule has 0 aliphatic carbocycles. The number of carbonyl (C=O) groups excluding carboxylic acids is 1. The van der Waals surface area contributed by atoms with Crippen LogP contribution in [0.25, 0.3) is 16.8 Å². The van der Waals surface area contributed by atoms with Crippen LogP contribution in [0.4, 0.5) is 5.69 Å². The summed E-state index contributed by atoms with van der Waals surface area (Å²) in [5, 5.41) is 14.8.